The Morgan fingerprint density at radius 1 is 1.22 bits per heavy atom. The lowest BCUT2D eigenvalue weighted by molar-refractivity contribution is 0.0497. The lowest BCUT2D eigenvalue weighted by Crippen LogP contribution is -2.32. The van der Waals surface area contributed by atoms with E-state index in [1.807, 2.05) is 25.5 Å². The molecule has 0 radical (unpaired) electrons. The average molecular weight is 275 g/mol. The minimum Gasteiger partial charge on any atom is -0.396 e. The highest BCUT2D eigenvalue weighted by molar-refractivity contribution is 6.31. The van der Waals surface area contributed by atoms with Crippen LogP contribution in [0.3, 0.4) is 0 Å². The second kappa shape index (κ2) is 6.55. The minimum absolute atomic E-state index is 0.0489. The Balaban J connectivity index is 3.12. The van der Waals surface area contributed by atoms with E-state index in [-0.39, 0.29) is 13.2 Å². The lowest BCUT2D eigenvalue weighted by Gasteiger charge is -2.28. The van der Waals surface area contributed by atoms with Gasteiger partial charge >= 0.3 is 0 Å². The fourth-order valence-corrected chi connectivity index (χ4v) is 2.39. The molecule has 5 heteroatoms. The molecular formula is C13H23ClN2O2. The van der Waals surface area contributed by atoms with Crippen molar-refractivity contribution >= 4 is 11.6 Å². The van der Waals surface area contributed by atoms with Crippen LogP contribution < -0.4 is 0 Å². The summed E-state index contributed by atoms with van der Waals surface area (Å²) in [5.74, 6) is 0. The number of hydrogen-bond acceptors (Lipinski definition) is 3. The van der Waals surface area contributed by atoms with Gasteiger partial charge in [0.2, 0.25) is 0 Å². The molecule has 2 N–H and O–H groups in total. The van der Waals surface area contributed by atoms with E-state index in [1.54, 1.807) is 0 Å². The summed E-state index contributed by atoms with van der Waals surface area (Å²) in [5.41, 5.74) is 1.29. The highest BCUT2D eigenvalue weighted by atomic mass is 35.5. The van der Waals surface area contributed by atoms with Crippen LogP contribution in [0.5, 0.6) is 0 Å². The monoisotopic (exact) mass is 274 g/mol. The van der Waals surface area contributed by atoms with Crippen LogP contribution in [0.15, 0.2) is 0 Å². The zero-order valence-electron chi connectivity index (χ0n) is 11.4. The molecule has 18 heavy (non-hydrogen) atoms. The van der Waals surface area contributed by atoms with Crippen molar-refractivity contribution in [3.05, 3.63) is 16.4 Å². The van der Waals surface area contributed by atoms with Gasteiger partial charge in [0.25, 0.3) is 0 Å². The number of aliphatic hydroxyl groups is 2. The molecule has 0 bridgehead atoms. The summed E-state index contributed by atoms with van der Waals surface area (Å²) < 4.78 is 1.87. The second-order valence-corrected chi connectivity index (χ2v) is 5.10. The molecule has 0 saturated heterocycles. The number of nitrogens with zero attached hydrogens (tertiary/aromatic N) is 2. The summed E-state index contributed by atoms with van der Waals surface area (Å²) in [5, 5.41) is 24.2. The number of aliphatic hydroxyl groups excluding tert-OH is 2. The van der Waals surface area contributed by atoms with E-state index >= 15 is 0 Å². The maximum atomic E-state index is 9.52. The fourth-order valence-electron chi connectivity index (χ4n) is 2.05. The van der Waals surface area contributed by atoms with Gasteiger partial charge in [-0.2, -0.15) is 5.10 Å². The van der Waals surface area contributed by atoms with Crippen molar-refractivity contribution < 1.29 is 10.2 Å². The highest BCUT2D eigenvalue weighted by Gasteiger charge is 2.30. The van der Waals surface area contributed by atoms with Gasteiger partial charge < -0.3 is 10.2 Å². The van der Waals surface area contributed by atoms with Gasteiger partial charge in [0, 0.05) is 18.4 Å². The van der Waals surface area contributed by atoms with Gasteiger partial charge in [-0.3, -0.25) is 4.68 Å². The van der Waals surface area contributed by atoms with Crippen molar-refractivity contribution in [2.45, 2.75) is 46.6 Å². The molecule has 0 amide bonds. The third-order valence-electron chi connectivity index (χ3n) is 3.66. The zero-order valence-corrected chi connectivity index (χ0v) is 12.2. The first-order chi connectivity index (χ1) is 8.57. The van der Waals surface area contributed by atoms with E-state index in [4.69, 9.17) is 11.6 Å². The first-order valence-corrected chi connectivity index (χ1v) is 6.91. The summed E-state index contributed by atoms with van der Waals surface area (Å²) in [6.45, 7) is 6.64. The topological polar surface area (TPSA) is 58.3 Å². The van der Waals surface area contributed by atoms with Crippen LogP contribution in [-0.2, 0) is 19.4 Å². The zero-order chi connectivity index (χ0) is 13.8. The smallest absolute Gasteiger partial charge is 0.0850 e. The molecule has 104 valence electrons. The maximum absolute atomic E-state index is 9.52. The maximum Gasteiger partial charge on any atom is 0.0850 e. The SMILES string of the molecule is CCc1nn(CC)c(CC(CC)(CO)CO)c1Cl. The second-order valence-electron chi connectivity index (χ2n) is 4.72. The van der Waals surface area contributed by atoms with E-state index < -0.39 is 5.41 Å². The van der Waals surface area contributed by atoms with E-state index in [1.165, 1.54) is 0 Å². The Hall–Kier alpha value is -0.580. The Kier molecular flexibility index (Phi) is 5.63. The molecule has 1 rings (SSSR count). The van der Waals surface area contributed by atoms with Gasteiger partial charge in [0.1, 0.15) is 0 Å². The molecule has 1 heterocycles. The Morgan fingerprint density at radius 3 is 2.22 bits per heavy atom. The number of hydrogen-bond donors (Lipinski definition) is 2. The Labute approximate surface area is 114 Å². The Morgan fingerprint density at radius 2 is 1.83 bits per heavy atom. The summed E-state index contributed by atoms with van der Waals surface area (Å²) in [7, 11) is 0. The molecular weight excluding hydrogens is 252 g/mol. The first kappa shape index (κ1) is 15.5. The standard InChI is InChI=1S/C13H23ClN2O2/c1-4-10-12(14)11(16(6-3)15-10)7-13(5-2,8-17)9-18/h17-18H,4-9H2,1-3H3. The quantitative estimate of drug-likeness (QED) is 0.800. The van der Waals surface area contributed by atoms with Crippen LogP contribution >= 0.6 is 11.6 Å². The third-order valence-corrected chi connectivity index (χ3v) is 4.09. The van der Waals surface area contributed by atoms with E-state index in [2.05, 4.69) is 5.10 Å². The summed E-state index contributed by atoms with van der Waals surface area (Å²) in [4.78, 5) is 0. The van der Waals surface area contributed by atoms with Crippen LogP contribution in [0.25, 0.3) is 0 Å². The molecule has 0 aliphatic rings. The van der Waals surface area contributed by atoms with E-state index in [0.717, 1.165) is 24.4 Å². The minimum atomic E-state index is -0.512. The normalized spacial score (nSPS) is 12.1. The number of rotatable bonds is 7. The van der Waals surface area contributed by atoms with Gasteiger partial charge in [-0.1, -0.05) is 25.4 Å². The molecule has 1 aromatic rings. The van der Waals surface area contributed by atoms with Gasteiger partial charge in [-0.25, -0.2) is 0 Å². The lowest BCUT2D eigenvalue weighted by atomic mass is 9.82. The van der Waals surface area contributed by atoms with E-state index in [9.17, 15) is 10.2 Å². The molecule has 0 unspecified atom stereocenters. The molecule has 0 atom stereocenters. The van der Waals surface area contributed by atoms with Gasteiger partial charge in [-0.15, -0.1) is 0 Å². The van der Waals surface area contributed by atoms with E-state index in [0.29, 0.717) is 17.9 Å². The molecule has 0 aromatic carbocycles. The average Bonchev–Trinajstić information content (AvgIpc) is 2.72. The molecule has 4 nitrogen and oxygen atoms in total. The molecule has 1 aromatic heterocycles. The molecule has 0 fully saturated rings. The van der Waals surface area contributed by atoms with Crippen molar-refractivity contribution in [3.63, 3.8) is 0 Å². The van der Waals surface area contributed by atoms with Crippen LogP contribution in [0.2, 0.25) is 5.02 Å². The van der Waals surface area contributed by atoms with Crippen molar-refractivity contribution in [3.8, 4) is 0 Å². The predicted octanol–water partition coefficient (Wildman–Crippen LogP) is 2.04. The van der Waals surface area contributed by atoms with Crippen molar-refractivity contribution in [2.75, 3.05) is 13.2 Å². The summed E-state index contributed by atoms with van der Waals surface area (Å²) in [6, 6.07) is 0. The van der Waals surface area contributed by atoms with Crippen LogP contribution in [0.1, 0.15) is 38.6 Å². The fraction of sp³-hybridized carbons (Fsp3) is 0.769. The van der Waals surface area contributed by atoms with Crippen molar-refractivity contribution in [1.82, 2.24) is 9.78 Å². The van der Waals surface area contributed by atoms with Gasteiger partial charge in [-0.05, 0) is 19.8 Å². The number of aryl methyl sites for hydroxylation is 2. The first-order valence-electron chi connectivity index (χ1n) is 6.53. The third kappa shape index (κ3) is 2.87. The Bertz CT molecular complexity index is 378. The largest absolute Gasteiger partial charge is 0.396 e. The molecule has 0 saturated carbocycles. The predicted molar refractivity (Wildman–Crippen MR) is 72.9 cm³/mol. The van der Waals surface area contributed by atoms with Crippen LogP contribution in [0.4, 0.5) is 0 Å². The van der Waals surface area contributed by atoms with Gasteiger partial charge in [0.15, 0.2) is 0 Å². The number of halogens is 1. The summed E-state index contributed by atoms with van der Waals surface area (Å²) in [6.07, 6.45) is 2.04. The van der Waals surface area contributed by atoms with Crippen LogP contribution in [0, 0.1) is 5.41 Å². The molecule has 0 aliphatic carbocycles. The van der Waals surface area contributed by atoms with Crippen molar-refractivity contribution in [1.29, 1.82) is 0 Å². The highest BCUT2D eigenvalue weighted by Crippen LogP contribution is 2.31. The van der Waals surface area contributed by atoms with Gasteiger partial charge in [0.05, 0.1) is 29.6 Å². The molecule has 0 aliphatic heterocycles. The van der Waals surface area contributed by atoms with Crippen LogP contribution in [-0.4, -0.2) is 33.2 Å². The van der Waals surface area contributed by atoms with Crippen molar-refractivity contribution in [2.24, 2.45) is 5.41 Å². The molecule has 0 spiro atoms. The number of aromatic nitrogens is 2. The summed E-state index contributed by atoms with van der Waals surface area (Å²) >= 11 is 6.34.